The van der Waals surface area contributed by atoms with E-state index in [-0.39, 0.29) is 11.6 Å². The molecule has 3 heterocycles. The maximum atomic E-state index is 12.9. The van der Waals surface area contributed by atoms with E-state index in [1.165, 1.54) is 0 Å². The van der Waals surface area contributed by atoms with Crippen LogP contribution in [-0.4, -0.2) is 45.1 Å². The second-order valence-corrected chi connectivity index (χ2v) is 6.57. The molecular weight excluding hydrogens is 302 g/mol. The van der Waals surface area contributed by atoms with E-state index in [9.17, 15) is 4.79 Å². The average molecular weight is 329 g/mol. The van der Waals surface area contributed by atoms with Gasteiger partial charge in [-0.2, -0.15) is 0 Å². The van der Waals surface area contributed by atoms with E-state index >= 15 is 0 Å². The number of nitrogens with zero attached hydrogens (tertiary/aromatic N) is 4. The van der Waals surface area contributed by atoms with Gasteiger partial charge in [0.05, 0.1) is 16.9 Å². The number of pyridine rings is 1. The van der Waals surface area contributed by atoms with Crippen LogP contribution in [-0.2, 0) is 6.54 Å². The zero-order chi connectivity index (χ0) is 17.1. The van der Waals surface area contributed by atoms with Gasteiger partial charge in [-0.1, -0.05) is 13.3 Å². The van der Waals surface area contributed by atoms with Crippen molar-refractivity contribution < 1.29 is 0 Å². The van der Waals surface area contributed by atoms with Crippen LogP contribution in [0, 0.1) is 0 Å². The van der Waals surface area contributed by atoms with Gasteiger partial charge < -0.3 is 5.32 Å². The summed E-state index contributed by atoms with van der Waals surface area (Å²) in [7, 11) is 0. The van der Waals surface area contributed by atoms with E-state index in [2.05, 4.69) is 29.0 Å². The van der Waals surface area contributed by atoms with Crippen molar-refractivity contribution in [1.29, 1.82) is 0 Å². The molecule has 3 rings (SSSR count). The highest BCUT2D eigenvalue weighted by molar-refractivity contribution is 5.76. The number of aromatic nitrogens is 3. The van der Waals surface area contributed by atoms with Crippen molar-refractivity contribution in [2.75, 3.05) is 19.6 Å². The molecule has 6 nitrogen and oxygen atoms in total. The van der Waals surface area contributed by atoms with E-state index in [4.69, 9.17) is 4.98 Å². The van der Waals surface area contributed by atoms with Crippen molar-refractivity contribution in [2.24, 2.45) is 0 Å². The largest absolute Gasteiger partial charge is 0.312 e. The molecule has 1 unspecified atom stereocenters. The molecule has 1 saturated heterocycles. The molecule has 24 heavy (non-hydrogen) atoms. The Labute approximate surface area is 142 Å². The first kappa shape index (κ1) is 17.0. The summed E-state index contributed by atoms with van der Waals surface area (Å²) in [4.78, 5) is 24.3. The molecule has 2 aromatic heterocycles. The van der Waals surface area contributed by atoms with Crippen LogP contribution in [0.5, 0.6) is 0 Å². The van der Waals surface area contributed by atoms with Crippen molar-refractivity contribution in [2.45, 2.75) is 52.2 Å². The Bertz CT molecular complexity index is 757. The Kier molecular flexibility index (Phi) is 5.26. The molecule has 2 atom stereocenters. The zero-order valence-corrected chi connectivity index (χ0v) is 14.8. The fraction of sp³-hybridized carbons (Fsp3) is 0.611. The van der Waals surface area contributed by atoms with Crippen LogP contribution in [0.3, 0.4) is 0 Å². The first-order valence-corrected chi connectivity index (χ1v) is 8.97. The van der Waals surface area contributed by atoms with E-state index in [1.807, 2.05) is 17.6 Å². The quantitative estimate of drug-likeness (QED) is 0.908. The molecule has 1 fully saturated rings. The van der Waals surface area contributed by atoms with E-state index in [1.54, 1.807) is 12.4 Å². The lowest BCUT2D eigenvalue weighted by molar-refractivity contribution is 0.132. The minimum atomic E-state index is 0.0230. The Balaban J connectivity index is 2.11. The van der Waals surface area contributed by atoms with Crippen LogP contribution in [0.1, 0.15) is 45.5 Å². The average Bonchev–Trinajstić information content (AvgIpc) is 2.59. The van der Waals surface area contributed by atoms with Gasteiger partial charge in [0.1, 0.15) is 5.82 Å². The molecule has 0 amide bonds. The predicted molar refractivity (Wildman–Crippen MR) is 96.2 cm³/mol. The second-order valence-electron chi connectivity index (χ2n) is 6.57. The minimum absolute atomic E-state index is 0.0230. The standard InChI is InChI=1S/C18H27N5O/c1-4-6-16(22-10-9-20-13(3)12-22)17-21-15-7-8-19-11-14(15)18(24)23(17)5-2/h7-8,11,13,16,20H,4-6,9-10,12H2,1-3H3/t13-,16?/m0/s1. The number of piperazine rings is 1. The molecule has 0 spiro atoms. The molecule has 0 aliphatic carbocycles. The van der Waals surface area contributed by atoms with Crippen molar-refractivity contribution in [3.05, 3.63) is 34.6 Å². The Morgan fingerprint density at radius 3 is 2.96 bits per heavy atom. The highest BCUT2D eigenvalue weighted by atomic mass is 16.1. The van der Waals surface area contributed by atoms with Crippen LogP contribution in [0.4, 0.5) is 0 Å². The summed E-state index contributed by atoms with van der Waals surface area (Å²) in [5.74, 6) is 0.900. The molecule has 1 aliphatic heterocycles. The third-order valence-electron chi connectivity index (χ3n) is 4.80. The normalized spacial score (nSPS) is 20.4. The van der Waals surface area contributed by atoms with Crippen LogP contribution >= 0.6 is 0 Å². The summed E-state index contributed by atoms with van der Waals surface area (Å²) in [5, 5.41) is 4.09. The smallest absolute Gasteiger partial charge is 0.262 e. The third-order valence-corrected chi connectivity index (χ3v) is 4.80. The van der Waals surface area contributed by atoms with Gasteiger partial charge in [0, 0.05) is 44.6 Å². The molecule has 1 aliphatic rings. The number of fused-ring (bicyclic) bond motifs is 1. The number of hydrogen-bond donors (Lipinski definition) is 1. The first-order valence-electron chi connectivity index (χ1n) is 8.97. The number of rotatable bonds is 5. The molecule has 2 aromatic rings. The van der Waals surface area contributed by atoms with Crippen molar-refractivity contribution in [3.63, 3.8) is 0 Å². The second kappa shape index (κ2) is 7.40. The highest BCUT2D eigenvalue weighted by Crippen LogP contribution is 2.26. The summed E-state index contributed by atoms with van der Waals surface area (Å²) in [6.45, 7) is 10.0. The van der Waals surface area contributed by atoms with E-state index in [0.717, 1.165) is 43.8 Å². The summed E-state index contributed by atoms with van der Waals surface area (Å²) in [5.41, 5.74) is 0.772. The molecular formula is C18H27N5O. The van der Waals surface area contributed by atoms with Crippen molar-refractivity contribution >= 4 is 10.9 Å². The van der Waals surface area contributed by atoms with Crippen molar-refractivity contribution in [3.8, 4) is 0 Å². The molecule has 0 saturated carbocycles. The molecule has 6 heteroatoms. The summed E-state index contributed by atoms with van der Waals surface area (Å²) in [6, 6.07) is 2.48. The van der Waals surface area contributed by atoms with Crippen LogP contribution in [0.25, 0.3) is 10.9 Å². The van der Waals surface area contributed by atoms with Gasteiger partial charge in [-0.3, -0.25) is 19.2 Å². The Hall–Kier alpha value is -1.79. The Morgan fingerprint density at radius 1 is 1.42 bits per heavy atom. The van der Waals surface area contributed by atoms with Gasteiger partial charge in [-0.15, -0.1) is 0 Å². The summed E-state index contributed by atoms with van der Waals surface area (Å²) in [6.07, 6.45) is 5.41. The summed E-state index contributed by atoms with van der Waals surface area (Å²) >= 11 is 0. The highest BCUT2D eigenvalue weighted by Gasteiger charge is 2.28. The molecule has 130 valence electrons. The first-order chi connectivity index (χ1) is 11.7. The minimum Gasteiger partial charge on any atom is -0.312 e. The van der Waals surface area contributed by atoms with Gasteiger partial charge in [0.25, 0.3) is 5.56 Å². The molecule has 0 aromatic carbocycles. The zero-order valence-electron chi connectivity index (χ0n) is 14.8. The monoisotopic (exact) mass is 329 g/mol. The lowest BCUT2D eigenvalue weighted by atomic mass is 10.1. The van der Waals surface area contributed by atoms with Gasteiger partial charge in [0.15, 0.2) is 0 Å². The maximum absolute atomic E-state index is 12.9. The lowest BCUT2D eigenvalue weighted by Crippen LogP contribution is -2.51. The Morgan fingerprint density at radius 2 is 2.25 bits per heavy atom. The van der Waals surface area contributed by atoms with E-state index < -0.39 is 0 Å². The van der Waals surface area contributed by atoms with Crippen LogP contribution in [0.15, 0.2) is 23.3 Å². The van der Waals surface area contributed by atoms with Gasteiger partial charge in [0.2, 0.25) is 0 Å². The van der Waals surface area contributed by atoms with Crippen molar-refractivity contribution in [1.82, 2.24) is 24.8 Å². The fourth-order valence-electron chi connectivity index (χ4n) is 3.64. The molecule has 0 bridgehead atoms. The molecule has 0 radical (unpaired) electrons. The number of nitrogens with one attached hydrogen (secondary N) is 1. The number of hydrogen-bond acceptors (Lipinski definition) is 5. The molecule has 1 N–H and O–H groups in total. The van der Waals surface area contributed by atoms with E-state index in [0.29, 0.717) is 18.0 Å². The topological polar surface area (TPSA) is 63.1 Å². The lowest BCUT2D eigenvalue weighted by Gasteiger charge is -2.38. The maximum Gasteiger partial charge on any atom is 0.262 e. The fourth-order valence-corrected chi connectivity index (χ4v) is 3.64. The SMILES string of the molecule is CCCC(c1nc2ccncc2c(=O)n1CC)N1CCN[C@@H](C)C1. The third kappa shape index (κ3) is 3.21. The van der Waals surface area contributed by atoms with Gasteiger partial charge >= 0.3 is 0 Å². The van der Waals surface area contributed by atoms with Crippen LogP contribution in [0.2, 0.25) is 0 Å². The van der Waals surface area contributed by atoms with Crippen LogP contribution < -0.4 is 10.9 Å². The van der Waals surface area contributed by atoms with Gasteiger partial charge in [-0.05, 0) is 26.3 Å². The summed E-state index contributed by atoms with van der Waals surface area (Å²) < 4.78 is 1.83. The van der Waals surface area contributed by atoms with Gasteiger partial charge in [-0.25, -0.2) is 4.98 Å². The predicted octanol–water partition coefficient (Wildman–Crippen LogP) is 1.95.